The molecule has 1 aliphatic heterocycles. The van der Waals surface area contributed by atoms with Gasteiger partial charge < -0.3 is 24.9 Å². The van der Waals surface area contributed by atoms with Gasteiger partial charge in [0, 0.05) is 13.5 Å². The fourth-order valence-corrected chi connectivity index (χ4v) is 2.47. The number of nitrogens with one attached hydrogen (secondary N) is 1. The van der Waals surface area contributed by atoms with Gasteiger partial charge in [0.25, 0.3) is 11.9 Å². The molecule has 1 unspecified atom stereocenters. The van der Waals surface area contributed by atoms with E-state index in [4.69, 9.17) is 19.4 Å². The maximum Gasteiger partial charge on any atom is 0.478 e. The Hall–Kier alpha value is -2.17. The molecule has 0 aliphatic carbocycles. The summed E-state index contributed by atoms with van der Waals surface area (Å²) < 4.78 is 5.13. The smallest absolute Gasteiger partial charge is 0.478 e. The third kappa shape index (κ3) is 6.94. The number of hydrogen-bond donors (Lipinski definition) is 3. The van der Waals surface area contributed by atoms with Crippen molar-refractivity contribution < 1.29 is 29.2 Å². The average molecular weight is 354 g/mol. The van der Waals surface area contributed by atoms with Crippen molar-refractivity contribution in [2.75, 3.05) is 13.7 Å². The first-order chi connectivity index (χ1) is 11.5. The quantitative estimate of drug-likeness (QED) is 0.317. The molecule has 1 aliphatic rings. The van der Waals surface area contributed by atoms with Gasteiger partial charge in [0.05, 0.1) is 10.8 Å². The number of rotatable bonds is 4. The van der Waals surface area contributed by atoms with Gasteiger partial charge in [-0.2, -0.15) is 0 Å². The van der Waals surface area contributed by atoms with Crippen molar-refractivity contribution >= 4 is 36.0 Å². The molecule has 1 amide bonds. The molecule has 0 bridgehead atoms. The van der Waals surface area contributed by atoms with E-state index in [0.717, 1.165) is 6.92 Å². The van der Waals surface area contributed by atoms with Crippen molar-refractivity contribution in [3.8, 4) is 0 Å². The van der Waals surface area contributed by atoms with Crippen molar-refractivity contribution in [3.05, 3.63) is 34.5 Å². The van der Waals surface area contributed by atoms with Gasteiger partial charge in [-0.05, 0) is 17.9 Å². The molecule has 0 saturated carbocycles. The Bertz CT molecular complexity index is 586. The summed E-state index contributed by atoms with van der Waals surface area (Å²) in [5.74, 6) is -1.75. The van der Waals surface area contributed by atoms with Crippen LogP contribution >= 0.6 is 11.3 Å². The Kier molecular flexibility index (Phi) is 8.76. The number of hydrogen-bond acceptors (Lipinski definition) is 7. The minimum Gasteiger partial charge on any atom is -0.481 e. The van der Waals surface area contributed by atoms with Gasteiger partial charge in [0.2, 0.25) is 0 Å². The molecule has 0 aromatic carbocycles. The Morgan fingerprint density at radius 1 is 1.50 bits per heavy atom. The lowest BCUT2D eigenvalue weighted by Crippen LogP contribution is -2.49. The van der Waals surface area contributed by atoms with Crippen molar-refractivity contribution in [3.63, 3.8) is 0 Å². The van der Waals surface area contributed by atoms with E-state index >= 15 is 0 Å². The first kappa shape index (κ1) is 19.9. The summed E-state index contributed by atoms with van der Waals surface area (Å²) in [5.41, 5.74) is 0.183. The molecule has 10 heteroatoms. The minimum absolute atomic E-state index is 0.183. The third-order valence-corrected chi connectivity index (χ3v) is 3.61. The molecular formula is C14H19BN2O6S. The summed E-state index contributed by atoms with van der Waals surface area (Å²) in [6.45, 7) is 1.41. The molecule has 0 radical (unpaired) electrons. The van der Waals surface area contributed by atoms with E-state index < -0.39 is 24.9 Å². The molecular weight excluding hydrogens is 335 g/mol. The van der Waals surface area contributed by atoms with Crippen LogP contribution in [0.2, 0.25) is 0 Å². The lowest BCUT2D eigenvalue weighted by atomic mass is 9.77. The number of thiophene rings is 1. The number of nitrogens with zero attached hydrogens (tertiary/aromatic N) is 1. The van der Waals surface area contributed by atoms with E-state index in [9.17, 15) is 9.82 Å². The molecule has 1 aromatic heterocycles. The molecule has 0 fully saturated rings. The van der Waals surface area contributed by atoms with Crippen LogP contribution in [-0.2, 0) is 19.1 Å². The topological polar surface area (TPSA) is 117 Å². The van der Waals surface area contributed by atoms with Gasteiger partial charge in [0.1, 0.15) is 7.11 Å². The van der Waals surface area contributed by atoms with Crippen LogP contribution in [-0.4, -0.2) is 54.5 Å². The molecule has 130 valence electrons. The van der Waals surface area contributed by atoms with Gasteiger partial charge in [-0.3, -0.25) is 9.59 Å². The number of amides is 1. The number of carbonyl (C=O) groups excluding carboxylic acids is 1. The highest BCUT2D eigenvalue weighted by Crippen LogP contribution is 2.12. The molecule has 1 aromatic rings. The molecule has 0 spiro atoms. The lowest BCUT2D eigenvalue weighted by Gasteiger charge is -2.17. The molecule has 3 N–H and O–H groups in total. The standard InChI is InChI=1S/C12H15BN2O4S.C2H4O2/c1-18-15-11(9-5-4-8-20-9)12(16)14-10-6-2-3-7-19-13(10)17;1-2(3)4/h2-5,8,10,17H,6-7H2,1H3,(H,14,16);1H3,(H,3,4)/b15-11+;. The van der Waals surface area contributed by atoms with Crippen LogP contribution in [0.15, 0.2) is 34.8 Å². The highest BCUT2D eigenvalue weighted by Gasteiger charge is 2.30. The van der Waals surface area contributed by atoms with Crippen molar-refractivity contribution in [1.29, 1.82) is 0 Å². The maximum atomic E-state index is 12.3. The first-order valence-electron chi connectivity index (χ1n) is 7.05. The van der Waals surface area contributed by atoms with Crippen molar-refractivity contribution in [2.45, 2.75) is 19.3 Å². The molecule has 8 nitrogen and oxygen atoms in total. The van der Waals surface area contributed by atoms with Crippen molar-refractivity contribution in [2.24, 2.45) is 5.16 Å². The summed E-state index contributed by atoms with van der Waals surface area (Å²) in [6.07, 6.45) is 4.16. The SMILES string of the molecule is CC(=O)O.CO/N=C(/C(=O)NC1CC=CCOB1O)c1cccs1. The number of aliphatic carboxylic acids is 1. The van der Waals surface area contributed by atoms with Crippen LogP contribution < -0.4 is 5.32 Å². The fourth-order valence-electron chi connectivity index (χ4n) is 1.77. The summed E-state index contributed by atoms with van der Waals surface area (Å²) in [5, 5.41) is 25.5. The van der Waals surface area contributed by atoms with Crippen molar-refractivity contribution in [1.82, 2.24) is 5.32 Å². The normalized spacial score (nSPS) is 17.4. The van der Waals surface area contributed by atoms with Gasteiger partial charge in [-0.1, -0.05) is 23.4 Å². The van der Waals surface area contributed by atoms with E-state index in [0.29, 0.717) is 17.9 Å². The second-order valence-electron chi connectivity index (χ2n) is 4.63. The highest BCUT2D eigenvalue weighted by molar-refractivity contribution is 7.13. The van der Waals surface area contributed by atoms with Gasteiger partial charge >= 0.3 is 7.12 Å². The predicted octanol–water partition coefficient (Wildman–Crippen LogP) is 0.671. The second-order valence-corrected chi connectivity index (χ2v) is 5.58. The van der Waals surface area contributed by atoms with E-state index in [1.807, 2.05) is 17.5 Å². The Morgan fingerprint density at radius 2 is 2.21 bits per heavy atom. The zero-order chi connectivity index (χ0) is 17.9. The van der Waals surface area contributed by atoms with Crippen LogP contribution in [0.4, 0.5) is 0 Å². The van der Waals surface area contributed by atoms with E-state index in [1.54, 1.807) is 12.1 Å². The van der Waals surface area contributed by atoms with Crippen LogP contribution in [0.5, 0.6) is 0 Å². The highest BCUT2D eigenvalue weighted by atomic mass is 32.1. The van der Waals surface area contributed by atoms with Gasteiger partial charge in [-0.15, -0.1) is 11.3 Å². The number of carboxylic acid groups (broad SMARTS) is 1. The number of carbonyl (C=O) groups is 2. The first-order valence-corrected chi connectivity index (χ1v) is 7.93. The molecule has 24 heavy (non-hydrogen) atoms. The predicted molar refractivity (Wildman–Crippen MR) is 90.8 cm³/mol. The van der Waals surface area contributed by atoms with E-state index in [1.165, 1.54) is 18.4 Å². The summed E-state index contributed by atoms with van der Waals surface area (Å²) in [6, 6.07) is 3.60. The van der Waals surface area contributed by atoms with Crippen LogP contribution in [0.1, 0.15) is 18.2 Å². The minimum atomic E-state index is -1.04. The van der Waals surface area contributed by atoms with Gasteiger partial charge in [-0.25, -0.2) is 0 Å². The zero-order valence-corrected chi connectivity index (χ0v) is 14.2. The lowest BCUT2D eigenvalue weighted by molar-refractivity contribution is -0.134. The fraction of sp³-hybridized carbons (Fsp3) is 0.357. The summed E-state index contributed by atoms with van der Waals surface area (Å²) >= 11 is 1.39. The molecule has 1 atom stereocenters. The van der Waals surface area contributed by atoms with Crippen LogP contribution in [0, 0.1) is 0 Å². The molecule has 2 heterocycles. The number of carboxylic acids is 1. The summed E-state index contributed by atoms with van der Waals surface area (Å²) in [4.78, 5) is 26.7. The Morgan fingerprint density at radius 3 is 2.79 bits per heavy atom. The largest absolute Gasteiger partial charge is 0.481 e. The molecule has 2 rings (SSSR count). The van der Waals surface area contributed by atoms with Crippen LogP contribution in [0.25, 0.3) is 0 Å². The third-order valence-electron chi connectivity index (χ3n) is 2.73. The average Bonchev–Trinajstić information content (AvgIpc) is 2.96. The number of oxime groups is 1. The second kappa shape index (κ2) is 10.6. The molecule has 0 saturated heterocycles. The maximum absolute atomic E-state index is 12.3. The van der Waals surface area contributed by atoms with Gasteiger partial charge in [0.15, 0.2) is 5.71 Å². The summed E-state index contributed by atoms with van der Waals surface area (Å²) in [7, 11) is 0.342. The van der Waals surface area contributed by atoms with Crippen LogP contribution in [0.3, 0.4) is 0 Å². The van der Waals surface area contributed by atoms with E-state index in [2.05, 4.69) is 10.5 Å². The Balaban J connectivity index is 0.000000648. The van der Waals surface area contributed by atoms with E-state index in [-0.39, 0.29) is 5.71 Å². The monoisotopic (exact) mass is 354 g/mol. The Labute approximate surface area is 143 Å². The zero-order valence-electron chi connectivity index (χ0n) is 13.3.